The molecule has 2 saturated heterocycles. The van der Waals surface area contributed by atoms with E-state index in [4.69, 9.17) is 4.74 Å². The highest BCUT2D eigenvalue weighted by molar-refractivity contribution is 5.96. The molecule has 3 aliphatic rings. The number of hydrogen-bond donors (Lipinski definition) is 0. The van der Waals surface area contributed by atoms with Crippen LogP contribution < -0.4 is 5.56 Å². The van der Waals surface area contributed by atoms with Crippen LogP contribution in [0.3, 0.4) is 0 Å². The van der Waals surface area contributed by atoms with E-state index >= 15 is 0 Å². The van der Waals surface area contributed by atoms with Gasteiger partial charge < -0.3 is 9.64 Å². The Hall–Kier alpha value is -2.40. The quantitative estimate of drug-likeness (QED) is 0.835. The molecule has 2 atom stereocenters. The Balaban J connectivity index is 1.60. The second kappa shape index (κ2) is 5.81. The average molecular weight is 350 g/mol. The fraction of sp³-hybridized carbons (Fsp3) is 0.429. The molecule has 26 heavy (non-hydrogen) atoms. The summed E-state index contributed by atoms with van der Waals surface area (Å²) in [5.41, 5.74) is 4.31. The van der Waals surface area contributed by atoms with Crippen molar-refractivity contribution in [1.82, 2.24) is 9.47 Å². The van der Waals surface area contributed by atoms with Gasteiger partial charge in [0.05, 0.1) is 24.4 Å². The zero-order chi connectivity index (χ0) is 17.8. The Bertz CT molecular complexity index is 962. The smallest absolute Gasteiger partial charge is 0.268 e. The highest BCUT2D eigenvalue weighted by atomic mass is 16.5. The van der Waals surface area contributed by atoms with Crippen molar-refractivity contribution < 1.29 is 9.53 Å². The second-order valence-electron chi connectivity index (χ2n) is 7.62. The molecule has 1 amide bonds. The van der Waals surface area contributed by atoms with Crippen LogP contribution in [0.5, 0.6) is 0 Å². The van der Waals surface area contributed by atoms with Crippen molar-refractivity contribution in [2.75, 3.05) is 13.2 Å². The van der Waals surface area contributed by atoms with Crippen LogP contribution in [-0.4, -0.2) is 40.7 Å². The molecule has 0 unspecified atom stereocenters. The first kappa shape index (κ1) is 15.8. The molecule has 5 rings (SSSR count). The van der Waals surface area contributed by atoms with E-state index in [0.717, 1.165) is 36.9 Å². The first-order valence-corrected chi connectivity index (χ1v) is 9.39. The van der Waals surface area contributed by atoms with Crippen LogP contribution in [0.4, 0.5) is 0 Å². The van der Waals surface area contributed by atoms with Crippen molar-refractivity contribution in [3.8, 4) is 5.69 Å². The summed E-state index contributed by atoms with van der Waals surface area (Å²) in [7, 11) is 0. The predicted molar refractivity (Wildman–Crippen MR) is 98.0 cm³/mol. The lowest BCUT2D eigenvalue weighted by Crippen LogP contribution is -2.44. The number of rotatable bonds is 2. The summed E-state index contributed by atoms with van der Waals surface area (Å²) in [6.45, 7) is 3.03. The molecule has 2 aromatic rings. The molecule has 5 nitrogen and oxygen atoms in total. The number of carbonyl (C=O) groups is 1. The molecule has 1 aromatic heterocycles. The van der Waals surface area contributed by atoms with Crippen molar-refractivity contribution in [2.45, 2.75) is 44.8 Å². The standard InChI is InChI=1S/C21H22N2O3/c1-13-8-9-22(18-7-3-5-14-4-2-6-17(14)18)20(24)19(13)21(25)23-11-16-10-15(23)12-26-16/h3,5,7-9,15-16H,2,4,6,10-12H2,1H3/t15-,16-/m1/s1. The van der Waals surface area contributed by atoms with Gasteiger partial charge in [0, 0.05) is 12.7 Å². The molecule has 5 heteroatoms. The second-order valence-corrected chi connectivity index (χ2v) is 7.62. The van der Waals surface area contributed by atoms with Crippen molar-refractivity contribution in [3.63, 3.8) is 0 Å². The fourth-order valence-electron chi connectivity index (χ4n) is 4.69. The van der Waals surface area contributed by atoms with Crippen LogP contribution in [-0.2, 0) is 17.6 Å². The van der Waals surface area contributed by atoms with E-state index in [2.05, 4.69) is 6.07 Å². The summed E-state index contributed by atoms with van der Waals surface area (Å²) in [4.78, 5) is 28.3. The van der Waals surface area contributed by atoms with Crippen molar-refractivity contribution in [2.24, 2.45) is 0 Å². The molecule has 0 radical (unpaired) electrons. The summed E-state index contributed by atoms with van der Waals surface area (Å²) >= 11 is 0. The number of ether oxygens (including phenoxy) is 1. The third kappa shape index (κ3) is 2.27. The topological polar surface area (TPSA) is 51.5 Å². The van der Waals surface area contributed by atoms with Gasteiger partial charge in [-0.15, -0.1) is 0 Å². The first-order valence-electron chi connectivity index (χ1n) is 9.39. The molecule has 2 bridgehead atoms. The number of pyridine rings is 1. The number of amides is 1. The van der Waals surface area contributed by atoms with Gasteiger partial charge in [-0.2, -0.15) is 0 Å². The molecule has 0 spiro atoms. The maximum Gasteiger partial charge on any atom is 0.268 e. The minimum atomic E-state index is -0.209. The maximum absolute atomic E-state index is 13.3. The Morgan fingerprint density at radius 1 is 1.23 bits per heavy atom. The lowest BCUT2D eigenvalue weighted by Gasteiger charge is -2.27. The van der Waals surface area contributed by atoms with Crippen LogP contribution >= 0.6 is 0 Å². The fourth-order valence-corrected chi connectivity index (χ4v) is 4.69. The first-order chi connectivity index (χ1) is 12.6. The van der Waals surface area contributed by atoms with Crippen molar-refractivity contribution in [3.05, 3.63) is 63.1 Å². The third-order valence-corrected chi connectivity index (χ3v) is 6.06. The van der Waals surface area contributed by atoms with Crippen molar-refractivity contribution in [1.29, 1.82) is 0 Å². The van der Waals surface area contributed by atoms with Crippen LogP contribution in [0.25, 0.3) is 5.69 Å². The Morgan fingerprint density at radius 2 is 2.12 bits per heavy atom. The van der Waals surface area contributed by atoms with Crippen LogP contribution in [0.2, 0.25) is 0 Å². The number of carbonyl (C=O) groups excluding carboxylic acids is 1. The Kier molecular flexibility index (Phi) is 3.54. The van der Waals surface area contributed by atoms with E-state index in [1.807, 2.05) is 36.2 Å². The molecule has 0 N–H and O–H groups in total. The zero-order valence-corrected chi connectivity index (χ0v) is 14.9. The van der Waals surface area contributed by atoms with Crippen LogP contribution in [0.1, 0.15) is 39.9 Å². The van der Waals surface area contributed by atoms with Gasteiger partial charge in [-0.25, -0.2) is 0 Å². The number of nitrogens with zero attached hydrogens (tertiary/aromatic N) is 2. The largest absolute Gasteiger partial charge is 0.374 e. The number of benzene rings is 1. The van der Waals surface area contributed by atoms with Gasteiger partial charge >= 0.3 is 0 Å². The molecular weight excluding hydrogens is 328 g/mol. The summed E-state index contributed by atoms with van der Waals surface area (Å²) in [5.74, 6) is -0.148. The third-order valence-electron chi connectivity index (χ3n) is 6.06. The van der Waals surface area contributed by atoms with Gasteiger partial charge in [-0.3, -0.25) is 14.2 Å². The average Bonchev–Trinajstić information content (AvgIpc) is 3.37. The van der Waals surface area contributed by atoms with E-state index < -0.39 is 0 Å². The molecule has 0 saturated carbocycles. The number of aromatic nitrogens is 1. The molecule has 1 aliphatic carbocycles. The van der Waals surface area contributed by atoms with Gasteiger partial charge in [0.2, 0.25) is 0 Å². The van der Waals surface area contributed by atoms with Gasteiger partial charge in [-0.05, 0) is 61.4 Å². The highest BCUT2D eigenvalue weighted by Crippen LogP contribution is 2.30. The molecule has 134 valence electrons. The van der Waals surface area contributed by atoms with Gasteiger partial charge in [-0.1, -0.05) is 12.1 Å². The maximum atomic E-state index is 13.3. The minimum Gasteiger partial charge on any atom is -0.374 e. The summed E-state index contributed by atoms with van der Waals surface area (Å²) in [6, 6.07) is 8.12. The van der Waals surface area contributed by atoms with Crippen LogP contribution in [0, 0.1) is 6.92 Å². The van der Waals surface area contributed by atoms with Gasteiger partial charge in [0.15, 0.2) is 0 Å². The number of fused-ring (bicyclic) bond motifs is 3. The summed E-state index contributed by atoms with van der Waals surface area (Å²) < 4.78 is 7.26. The summed E-state index contributed by atoms with van der Waals surface area (Å²) in [5, 5.41) is 0. The number of hydrogen-bond acceptors (Lipinski definition) is 3. The molecule has 2 fully saturated rings. The SMILES string of the molecule is Cc1ccn(-c2cccc3c2CCC3)c(=O)c1C(=O)N1C[C@H]2C[C@@H]1CO2. The minimum absolute atomic E-state index is 0.112. The normalized spacial score (nSPS) is 23.5. The molecule has 2 aliphatic heterocycles. The summed E-state index contributed by atoms with van der Waals surface area (Å²) in [6.07, 6.45) is 6.00. The molecule has 1 aromatic carbocycles. The lowest BCUT2D eigenvalue weighted by molar-refractivity contribution is 0.0257. The Morgan fingerprint density at radius 3 is 2.88 bits per heavy atom. The van der Waals surface area contributed by atoms with Gasteiger partial charge in [0.1, 0.15) is 5.56 Å². The molecular formula is C21H22N2O3. The van der Waals surface area contributed by atoms with E-state index in [1.165, 1.54) is 11.1 Å². The zero-order valence-electron chi connectivity index (χ0n) is 14.9. The predicted octanol–water partition coefficient (Wildman–Crippen LogP) is 2.25. The van der Waals surface area contributed by atoms with E-state index in [0.29, 0.717) is 18.7 Å². The van der Waals surface area contributed by atoms with Crippen LogP contribution in [0.15, 0.2) is 35.3 Å². The van der Waals surface area contributed by atoms with Crippen molar-refractivity contribution >= 4 is 5.91 Å². The Labute approximate surface area is 152 Å². The van der Waals surface area contributed by atoms with Gasteiger partial charge in [0.25, 0.3) is 11.5 Å². The van der Waals surface area contributed by atoms with E-state index in [9.17, 15) is 9.59 Å². The number of likely N-dealkylation sites (tertiary alicyclic amines) is 1. The monoisotopic (exact) mass is 350 g/mol. The lowest BCUT2D eigenvalue weighted by atomic mass is 10.1. The van der Waals surface area contributed by atoms with E-state index in [-0.39, 0.29) is 23.6 Å². The number of aryl methyl sites for hydroxylation is 2. The highest BCUT2D eigenvalue weighted by Gasteiger charge is 2.42. The number of morpholine rings is 1. The molecule has 3 heterocycles. The van der Waals surface area contributed by atoms with E-state index in [1.54, 1.807) is 4.57 Å².